The van der Waals surface area contributed by atoms with Crippen molar-refractivity contribution in [3.8, 4) is 0 Å². The van der Waals surface area contributed by atoms with E-state index < -0.39 is 0 Å². The molecule has 1 aliphatic rings. The number of ether oxygens (including phenoxy) is 1. The van der Waals surface area contributed by atoms with Gasteiger partial charge in [-0.25, -0.2) is 0 Å². The smallest absolute Gasteiger partial charge is 0.191 e. The van der Waals surface area contributed by atoms with Crippen LogP contribution in [0.25, 0.3) is 0 Å². The molecule has 2 rings (SSSR count). The van der Waals surface area contributed by atoms with Crippen LogP contribution in [0.3, 0.4) is 0 Å². The van der Waals surface area contributed by atoms with Gasteiger partial charge in [-0.15, -0.1) is 24.0 Å². The number of nitrogens with one attached hydrogen (secondary N) is 2. The van der Waals surface area contributed by atoms with Crippen molar-refractivity contribution < 1.29 is 4.74 Å². The lowest BCUT2D eigenvalue weighted by Gasteiger charge is -2.38. The molecular weight excluding hydrogens is 525 g/mol. The molecule has 0 spiro atoms. The first kappa shape index (κ1) is 24.0. The second kappa shape index (κ2) is 11.1. The van der Waals surface area contributed by atoms with Crippen molar-refractivity contribution in [1.29, 1.82) is 0 Å². The van der Waals surface area contributed by atoms with Crippen LogP contribution < -0.4 is 10.6 Å². The summed E-state index contributed by atoms with van der Waals surface area (Å²) >= 11 is 5.39. The zero-order valence-electron chi connectivity index (χ0n) is 16.1. The summed E-state index contributed by atoms with van der Waals surface area (Å²) in [7, 11) is 1.83. The van der Waals surface area contributed by atoms with Crippen molar-refractivity contribution in [2.45, 2.75) is 36.9 Å². The Balaban J connectivity index is 0.00000338. The molecule has 0 amide bonds. The van der Waals surface area contributed by atoms with Crippen molar-refractivity contribution in [2.75, 3.05) is 39.6 Å². The number of aliphatic imine (C=N–C) groups is 1. The molecular formula is C19H31BrIN3OS. The highest BCUT2D eigenvalue weighted by Crippen LogP contribution is 2.35. The van der Waals surface area contributed by atoms with E-state index in [9.17, 15) is 0 Å². The lowest BCUT2D eigenvalue weighted by molar-refractivity contribution is 0.0514. The summed E-state index contributed by atoms with van der Waals surface area (Å²) in [5.41, 5.74) is 1.46. The Kier molecular flexibility index (Phi) is 10.3. The van der Waals surface area contributed by atoms with E-state index in [2.05, 4.69) is 75.9 Å². The van der Waals surface area contributed by atoms with Gasteiger partial charge < -0.3 is 15.4 Å². The van der Waals surface area contributed by atoms with Gasteiger partial charge in [-0.3, -0.25) is 4.99 Å². The van der Waals surface area contributed by atoms with Gasteiger partial charge in [0.2, 0.25) is 0 Å². The Bertz CT molecular complexity index is 575. The van der Waals surface area contributed by atoms with Crippen LogP contribution in [-0.2, 0) is 10.2 Å². The van der Waals surface area contributed by atoms with Crippen molar-refractivity contribution in [3.05, 3.63) is 34.3 Å². The molecule has 1 aromatic rings. The SMILES string of the molecule is CN=C(NCC(C)(C)SC)NCC1(c2ccc(Br)cc2)CCOCC1.I. The maximum Gasteiger partial charge on any atom is 0.191 e. The van der Waals surface area contributed by atoms with Crippen molar-refractivity contribution >= 4 is 57.6 Å². The monoisotopic (exact) mass is 555 g/mol. The molecule has 1 aromatic carbocycles. The molecule has 148 valence electrons. The highest BCUT2D eigenvalue weighted by molar-refractivity contribution is 14.0. The quantitative estimate of drug-likeness (QED) is 0.310. The topological polar surface area (TPSA) is 45.7 Å². The maximum absolute atomic E-state index is 5.62. The molecule has 0 saturated carbocycles. The molecule has 4 nitrogen and oxygen atoms in total. The van der Waals surface area contributed by atoms with Gasteiger partial charge in [0, 0.05) is 48.0 Å². The van der Waals surface area contributed by atoms with Gasteiger partial charge in [0.05, 0.1) is 0 Å². The third kappa shape index (κ3) is 6.87. The zero-order valence-corrected chi connectivity index (χ0v) is 20.8. The summed E-state index contributed by atoms with van der Waals surface area (Å²) in [6.07, 6.45) is 4.19. The summed E-state index contributed by atoms with van der Waals surface area (Å²) in [6, 6.07) is 8.70. The van der Waals surface area contributed by atoms with Crippen LogP contribution in [-0.4, -0.2) is 50.3 Å². The number of hydrogen-bond donors (Lipinski definition) is 2. The standard InChI is InChI=1S/C19H30BrN3OS.HI/c1-18(2,25-4)13-22-17(21-3)23-14-19(9-11-24-12-10-19)15-5-7-16(20)8-6-15;/h5-8H,9-14H2,1-4H3,(H2,21,22,23);1H. The van der Waals surface area contributed by atoms with Gasteiger partial charge in [-0.2, -0.15) is 11.8 Å². The van der Waals surface area contributed by atoms with E-state index in [1.165, 1.54) is 5.56 Å². The summed E-state index contributed by atoms with van der Waals surface area (Å²) in [4.78, 5) is 4.40. The van der Waals surface area contributed by atoms with Crippen molar-refractivity contribution in [2.24, 2.45) is 4.99 Å². The fourth-order valence-electron chi connectivity index (χ4n) is 2.98. The molecule has 0 aliphatic carbocycles. The van der Waals surface area contributed by atoms with E-state index in [1.807, 2.05) is 18.8 Å². The molecule has 0 atom stereocenters. The first-order valence-electron chi connectivity index (χ1n) is 8.74. The van der Waals surface area contributed by atoms with Crippen molar-refractivity contribution in [1.82, 2.24) is 10.6 Å². The zero-order chi connectivity index (χ0) is 18.3. The third-order valence-corrected chi connectivity index (χ3v) is 6.74. The average Bonchev–Trinajstić information content (AvgIpc) is 2.63. The Morgan fingerprint density at radius 3 is 2.38 bits per heavy atom. The number of thioether (sulfide) groups is 1. The fraction of sp³-hybridized carbons (Fsp3) is 0.632. The predicted octanol–water partition coefficient (Wildman–Crippen LogP) is 4.42. The summed E-state index contributed by atoms with van der Waals surface area (Å²) in [5.74, 6) is 0.866. The highest BCUT2D eigenvalue weighted by atomic mass is 127. The Morgan fingerprint density at radius 2 is 1.85 bits per heavy atom. The lowest BCUT2D eigenvalue weighted by Crippen LogP contribution is -2.49. The molecule has 26 heavy (non-hydrogen) atoms. The number of rotatable bonds is 6. The molecule has 1 fully saturated rings. The Morgan fingerprint density at radius 1 is 1.23 bits per heavy atom. The Labute approximate surface area is 187 Å². The molecule has 0 unspecified atom stereocenters. The van der Waals surface area contributed by atoms with E-state index in [4.69, 9.17) is 4.74 Å². The highest BCUT2D eigenvalue weighted by Gasteiger charge is 2.34. The van der Waals surface area contributed by atoms with Crippen LogP contribution >= 0.6 is 51.7 Å². The molecule has 1 aliphatic heterocycles. The van der Waals surface area contributed by atoms with Crippen LogP contribution in [0.5, 0.6) is 0 Å². The Hall–Kier alpha value is 0.01000. The lowest BCUT2D eigenvalue weighted by atomic mass is 9.74. The van der Waals surface area contributed by atoms with Crippen molar-refractivity contribution in [3.63, 3.8) is 0 Å². The van der Waals surface area contributed by atoms with Gasteiger partial charge in [-0.1, -0.05) is 28.1 Å². The number of halogens is 2. The van der Waals surface area contributed by atoms with Gasteiger partial charge in [-0.05, 0) is 50.6 Å². The van der Waals surface area contributed by atoms with Crippen LogP contribution in [0, 0.1) is 0 Å². The number of nitrogens with zero attached hydrogens (tertiary/aromatic N) is 1. The molecule has 1 saturated heterocycles. The van der Waals surface area contributed by atoms with Crippen LogP contribution in [0.15, 0.2) is 33.7 Å². The van der Waals surface area contributed by atoms with Gasteiger partial charge >= 0.3 is 0 Å². The largest absolute Gasteiger partial charge is 0.381 e. The van der Waals surface area contributed by atoms with E-state index in [1.54, 1.807) is 0 Å². The normalized spacial score (nSPS) is 17.3. The molecule has 0 radical (unpaired) electrons. The van der Waals surface area contributed by atoms with E-state index in [-0.39, 0.29) is 34.1 Å². The van der Waals surface area contributed by atoms with Crippen LogP contribution in [0.1, 0.15) is 32.3 Å². The minimum Gasteiger partial charge on any atom is -0.381 e. The second-order valence-electron chi connectivity index (χ2n) is 7.14. The number of hydrogen-bond acceptors (Lipinski definition) is 3. The first-order valence-corrected chi connectivity index (χ1v) is 10.8. The first-order chi connectivity index (χ1) is 11.9. The number of guanidine groups is 1. The minimum atomic E-state index is 0. The second-order valence-corrected chi connectivity index (χ2v) is 9.57. The van der Waals surface area contributed by atoms with E-state index in [0.29, 0.717) is 0 Å². The summed E-state index contributed by atoms with van der Waals surface area (Å²) in [5, 5.41) is 7.01. The van der Waals surface area contributed by atoms with E-state index in [0.717, 1.165) is 49.6 Å². The summed E-state index contributed by atoms with van der Waals surface area (Å²) < 4.78 is 6.92. The van der Waals surface area contributed by atoms with Crippen LogP contribution in [0.4, 0.5) is 0 Å². The van der Waals surface area contributed by atoms with E-state index >= 15 is 0 Å². The number of benzene rings is 1. The fourth-order valence-corrected chi connectivity index (χ4v) is 3.46. The molecule has 2 N–H and O–H groups in total. The predicted molar refractivity (Wildman–Crippen MR) is 128 cm³/mol. The molecule has 0 bridgehead atoms. The summed E-state index contributed by atoms with van der Waals surface area (Å²) in [6.45, 7) is 7.83. The van der Waals surface area contributed by atoms with Gasteiger partial charge in [0.1, 0.15) is 0 Å². The molecule has 1 heterocycles. The minimum absolute atomic E-state index is 0. The molecule has 0 aromatic heterocycles. The van der Waals surface area contributed by atoms with Crippen LogP contribution in [0.2, 0.25) is 0 Å². The molecule has 7 heteroatoms. The maximum atomic E-state index is 5.62. The van der Waals surface area contributed by atoms with Gasteiger partial charge in [0.15, 0.2) is 5.96 Å². The third-order valence-electron chi connectivity index (χ3n) is 4.96. The van der Waals surface area contributed by atoms with Gasteiger partial charge in [0.25, 0.3) is 0 Å². The average molecular weight is 556 g/mol.